The molecule has 0 heterocycles. The van der Waals surface area contributed by atoms with Gasteiger partial charge in [0, 0.05) is 13.1 Å². The number of likely N-dealkylation sites (N-methyl/N-ethyl adjacent to an activating group) is 1. The maximum Gasteiger partial charge on any atom is 0.0558 e. The Balaban J connectivity index is 0.000000218. The van der Waals surface area contributed by atoms with Gasteiger partial charge in [0.2, 0.25) is 0 Å². The number of aliphatic hydroxyl groups excluding tert-OH is 1. The number of hydrogen-bond acceptors (Lipinski definition) is 2. The lowest BCUT2D eigenvalue weighted by Gasteiger charge is -2.14. The average Bonchev–Trinajstić information content (AvgIpc) is 2.42. The molecule has 0 aliphatic carbocycles. The summed E-state index contributed by atoms with van der Waals surface area (Å²) in [5, 5.41) is 8.67. The van der Waals surface area contributed by atoms with Crippen molar-refractivity contribution in [2.24, 2.45) is 0 Å². The lowest BCUT2D eigenvalue weighted by Crippen LogP contribution is -2.21. The van der Waals surface area contributed by atoms with Gasteiger partial charge in [-0.15, -0.1) is 0 Å². The van der Waals surface area contributed by atoms with E-state index in [9.17, 15) is 0 Å². The lowest BCUT2D eigenvalue weighted by atomic mass is 10.2. The van der Waals surface area contributed by atoms with Gasteiger partial charge in [0.25, 0.3) is 0 Å². The lowest BCUT2D eigenvalue weighted by molar-refractivity contribution is 0.217. The molecule has 0 aliphatic heterocycles. The van der Waals surface area contributed by atoms with E-state index in [2.05, 4.69) is 36.1 Å². The predicted molar refractivity (Wildman–Crippen MR) is 81.0 cm³/mol. The van der Waals surface area contributed by atoms with E-state index in [-0.39, 0.29) is 6.61 Å². The third-order valence-corrected chi connectivity index (χ3v) is 2.72. The first-order valence-electron chi connectivity index (χ1n) is 6.57. The Kier molecular flexibility index (Phi) is 7.56. The number of hydrogen-bond donors (Lipinski definition) is 1. The molecule has 2 nitrogen and oxygen atoms in total. The van der Waals surface area contributed by atoms with Gasteiger partial charge in [-0.2, -0.15) is 0 Å². The summed E-state index contributed by atoms with van der Waals surface area (Å²) in [7, 11) is 2.00. The number of aryl methyl sites for hydroxylation is 1. The average molecular weight is 257 g/mol. The summed E-state index contributed by atoms with van der Waals surface area (Å²) < 4.78 is 0. The van der Waals surface area contributed by atoms with Crippen molar-refractivity contribution in [3.8, 4) is 0 Å². The highest BCUT2D eigenvalue weighted by molar-refractivity contribution is 5.14. The van der Waals surface area contributed by atoms with Crippen LogP contribution in [0.5, 0.6) is 0 Å². The molecule has 19 heavy (non-hydrogen) atoms. The molecule has 0 amide bonds. The summed E-state index contributed by atoms with van der Waals surface area (Å²) in [5.41, 5.74) is 2.61. The van der Waals surface area contributed by atoms with Crippen molar-refractivity contribution in [3.05, 3.63) is 71.8 Å². The summed E-state index contributed by atoms with van der Waals surface area (Å²) in [5.74, 6) is 0. The molecule has 0 fully saturated rings. The minimum atomic E-state index is 0.226. The molecule has 0 saturated heterocycles. The fourth-order valence-electron chi connectivity index (χ4n) is 1.68. The summed E-state index contributed by atoms with van der Waals surface area (Å²) in [6, 6.07) is 20.5. The molecule has 1 N–H and O–H groups in total. The summed E-state index contributed by atoms with van der Waals surface area (Å²) in [6.07, 6.45) is 0. The van der Waals surface area contributed by atoms with E-state index in [0.717, 1.165) is 13.1 Å². The van der Waals surface area contributed by atoms with E-state index in [1.807, 2.05) is 43.4 Å². The zero-order valence-corrected chi connectivity index (χ0v) is 11.8. The fraction of sp³-hybridized carbons (Fsp3) is 0.294. The van der Waals surface area contributed by atoms with Gasteiger partial charge in [-0.3, -0.25) is 4.90 Å². The third kappa shape index (κ3) is 7.39. The molecule has 0 spiro atoms. The topological polar surface area (TPSA) is 23.5 Å². The first-order valence-corrected chi connectivity index (χ1v) is 6.57. The number of rotatable bonds is 4. The van der Waals surface area contributed by atoms with Gasteiger partial charge in [-0.25, -0.2) is 0 Å². The molecular formula is C17H23NO. The zero-order chi connectivity index (χ0) is 13.9. The van der Waals surface area contributed by atoms with Crippen molar-refractivity contribution in [2.75, 3.05) is 20.2 Å². The molecule has 0 unspecified atom stereocenters. The van der Waals surface area contributed by atoms with Gasteiger partial charge in [0.1, 0.15) is 0 Å². The van der Waals surface area contributed by atoms with Gasteiger partial charge in [0.15, 0.2) is 0 Å². The molecule has 0 atom stereocenters. The fourth-order valence-corrected chi connectivity index (χ4v) is 1.68. The van der Waals surface area contributed by atoms with Crippen molar-refractivity contribution in [2.45, 2.75) is 13.5 Å². The van der Waals surface area contributed by atoms with Crippen LogP contribution in [0.15, 0.2) is 60.7 Å². The van der Waals surface area contributed by atoms with E-state index < -0.39 is 0 Å². The Morgan fingerprint density at radius 1 is 0.895 bits per heavy atom. The second-order valence-corrected chi connectivity index (χ2v) is 4.60. The Morgan fingerprint density at radius 2 is 1.42 bits per heavy atom. The minimum Gasteiger partial charge on any atom is -0.395 e. The van der Waals surface area contributed by atoms with Crippen LogP contribution in [0, 0.1) is 6.92 Å². The van der Waals surface area contributed by atoms with Crippen LogP contribution in [0.1, 0.15) is 11.1 Å². The van der Waals surface area contributed by atoms with Gasteiger partial charge in [0.05, 0.1) is 6.61 Å². The zero-order valence-electron chi connectivity index (χ0n) is 11.8. The van der Waals surface area contributed by atoms with Crippen LogP contribution >= 0.6 is 0 Å². The molecule has 0 radical (unpaired) electrons. The molecule has 0 aromatic heterocycles. The van der Waals surface area contributed by atoms with Gasteiger partial charge in [-0.05, 0) is 19.5 Å². The second kappa shape index (κ2) is 9.31. The molecule has 0 bridgehead atoms. The van der Waals surface area contributed by atoms with Crippen molar-refractivity contribution in [1.82, 2.24) is 4.90 Å². The Morgan fingerprint density at radius 3 is 1.84 bits per heavy atom. The van der Waals surface area contributed by atoms with Crippen LogP contribution in [0.2, 0.25) is 0 Å². The smallest absolute Gasteiger partial charge is 0.0558 e. The van der Waals surface area contributed by atoms with Crippen molar-refractivity contribution in [3.63, 3.8) is 0 Å². The third-order valence-electron chi connectivity index (χ3n) is 2.72. The first kappa shape index (κ1) is 15.4. The number of aliphatic hydroxyl groups is 1. The maximum absolute atomic E-state index is 8.67. The highest BCUT2D eigenvalue weighted by Crippen LogP contribution is 2.01. The monoisotopic (exact) mass is 257 g/mol. The summed E-state index contributed by atoms with van der Waals surface area (Å²) in [6.45, 7) is 3.94. The summed E-state index contributed by atoms with van der Waals surface area (Å²) >= 11 is 0. The molecule has 2 rings (SSSR count). The molecule has 2 aromatic rings. The molecule has 102 valence electrons. The minimum absolute atomic E-state index is 0.226. The maximum atomic E-state index is 8.67. The van der Waals surface area contributed by atoms with Gasteiger partial charge in [-0.1, -0.05) is 66.2 Å². The van der Waals surface area contributed by atoms with Gasteiger partial charge >= 0.3 is 0 Å². The van der Waals surface area contributed by atoms with Crippen LogP contribution in [0.25, 0.3) is 0 Å². The molecule has 0 aliphatic rings. The van der Waals surface area contributed by atoms with Crippen LogP contribution in [0.4, 0.5) is 0 Å². The summed E-state index contributed by atoms with van der Waals surface area (Å²) in [4.78, 5) is 2.09. The second-order valence-electron chi connectivity index (χ2n) is 4.60. The molecular weight excluding hydrogens is 234 g/mol. The number of nitrogens with zero attached hydrogens (tertiary/aromatic N) is 1. The van der Waals surface area contributed by atoms with Crippen LogP contribution < -0.4 is 0 Å². The van der Waals surface area contributed by atoms with E-state index in [1.54, 1.807) is 0 Å². The number of benzene rings is 2. The van der Waals surface area contributed by atoms with E-state index in [1.165, 1.54) is 11.1 Å². The first-order chi connectivity index (χ1) is 9.22. The van der Waals surface area contributed by atoms with Crippen molar-refractivity contribution in [1.29, 1.82) is 0 Å². The van der Waals surface area contributed by atoms with Crippen LogP contribution in [0.3, 0.4) is 0 Å². The van der Waals surface area contributed by atoms with Crippen molar-refractivity contribution < 1.29 is 5.11 Å². The standard InChI is InChI=1S/C10H15NO.C7H8/c1-11(7-8-12)9-10-5-3-2-4-6-10;1-7-5-3-2-4-6-7/h2-6,12H,7-9H2,1H3;2-6H,1H3. The largest absolute Gasteiger partial charge is 0.395 e. The quantitative estimate of drug-likeness (QED) is 0.909. The van der Waals surface area contributed by atoms with E-state index in [4.69, 9.17) is 5.11 Å². The van der Waals surface area contributed by atoms with E-state index >= 15 is 0 Å². The Hall–Kier alpha value is -1.64. The highest BCUT2D eigenvalue weighted by atomic mass is 16.3. The van der Waals surface area contributed by atoms with Crippen LogP contribution in [-0.2, 0) is 6.54 Å². The Labute approximate surface area is 116 Å². The molecule has 2 aromatic carbocycles. The molecule has 0 saturated carbocycles. The highest BCUT2D eigenvalue weighted by Gasteiger charge is 1.97. The molecule has 2 heteroatoms. The SMILES string of the molecule is CN(CCO)Cc1ccccc1.Cc1ccccc1. The normalized spacial score (nSPS) is 9.89. The van der Waals surface area contributed by atoms with Crippen molar-refractivity contribution >= 4 is 0 Å². The Bertz CT molecular complexity index is 428. The van der Waals surface area contributed by atoms with Crippen LogP contribution in [-0.4, -0.2) is 30.2 Å². The van der Waals surface area contributed by atoms with E-state index in [0.29, 0.717) is 0 Å². The van der Waals surface area contributed by atoms with Gasteiger partial charge < -0.3 is 5.11 Å². The predicted octanol–water partition coefficient (Wildman–Crippen LogP) is 3.11.